The average molecular weight is 357 g/mol. The van der Waals surface area contributed by atoms with Gasteiger partial charge < -0.3 is 24.6 Å². The number of hydrogen-bond acceptors (Lipinski definition) is 7. The van der Waals surface area contributed by atoms with Gasteiger partial charge in [0.2, 0.25) is 0 Å². The Morgan fingerprint density at radius 3 is 2.62 bits per heavy atom. The molecule has 136 valence electrons. The quantitative estimate of drug-likeness (QED) is 0.640. The summed E-state index contributed by atoms with van der Waals surface area (Å²) in [5.41, 5.74) is 1.22. The second kappa shape index (κ2) is 6.91. The minimum absolute atomic E-state index is 0.00820. The molecule has 1 aromatic carbocycles. The largest absolute Gasteiger partial charge is 0.508 e. The van der Waals surface area contributed by atoms with E-state index in [0.717, 1.165) is 0 Å². The second-order valence-corrected chi connectivity index (χ2v) is 6.05. The minimum Gasteiger partial charge on any atom is -0.508 e. The van der Waals surface area contributed by atoms with Crippen molar-refractivity contribution in [2.75, 3.05) is 6.54 Å². The van der Waals surface area contributed by atoms with Crippen LogP contribution in [0.2, 0.25) is 0 Å². The maximum atomic E-state index is 12.3. The summed E-state index contributed by atoms with van der Waals surface area (Å²) in [4.78, 5) is 12.3. The highest BCUT2D eigenvalue weighted by atomic mass is 16.5. The van der Waals surface area contributed by atoms with E-state index in [1.165, 1.54) is 12.3 Å². The van der Waals surface area contributed by atoms with E-state index in [0.29, 0.717) is 17.7 Å². The lowest BCUT2D eigenvalue weighted by Crippen LogP contribution is -2.23. The van der Waals surface area contributed by atoms with Crippen molar-refractivity contribution in [1.82, 2.24) is 15.6 Å². The van der Waals surface area contributed by atoms with E-state index in [1.807, 2.05) is 13.8 Å². The number of nitrogens with zero attached hydrogens (tertiary/aromatic N) is 2. The highest BCUT2D eigenvalue weighted by Gasteiger charge is 2.28. The van der Waals surface area contributed by atoms with Crippen molar-refractivity contribution in [3.8, 4) is 34.1 Å². The standard InChI is InChI=1S/C18H19N3O5/c1-4-19-18(24)16-15(14-5-6-20-25-14)17(26-21-16)11-7-10(9(2)3)12(22)8-13(11)23/h5-9,22-23H,4H2,1-3H3,(H,19,24). The molecule has 0 saturated carbocycles. The highest BCUT2D eigenvalue weighted by Crippen LogP contribution is 2.42. The number of amides is 1. The third kappa shape index (κ3) is 3.01. The normalized spacial score (nSPS) is 11.1. The first kappa shape index (κ1) is 17.5. The van der Waals surface area contributed by atoms with Gasteiger partial charge in [0.05, 0.1) is 11.8 Å². The zero-order valence-corrected chi connectivity index (χ0v) is 14.6. The number of phenols is 2. The number of benzene rings is 1. The zero-order valence-electron chi connectivity index (χ0n) is 14.6. The van der Waals surface area contributed by atoms with E-state index in [4.69, 9.17) is 9.05 Å². The molecule has 0 unspecified atom stereocenters. The van der Waals surface area contributed by atoms with E-state index in [-0.39, 0.29) is 40.2 Å². The molecule has 0 radical (unpaired) electrons. The molecule has 0 bridgehead atoms. The Hall–Kier alpha value is -3.29. The minimum atomic E-state index is -0.434. The van der Waals surface area contributed by atoms with Gasteiger partial charge in [0.25, 0.3) is 5.91 Å². The van der Waals surface area contributed by atoms with E-state index < -0.39 is 5.91 Å². The van der Waals surface area contributed by atoms with Crippen LogP contribution in [0, 0.1) is 0 Å². The molecule has 0 aliphatic rings. The van der Waals surface area contributed by atoms with Crippen LogP contribution in [0.1, 0.15) is 42.7 Å². The molecule has 8 heteroatoms. The van der Waals surface area contributed by atoms with Crippen LogP contribution < -0.4 is 5.32 Å². The molecule has 0 aliphatic carbocycles. The van der Waals surface area contributed by atoms with Crippen molar-refractivity contribution in [2.24, 2.45) is 0 Å². The molecule has 0 aliphatic heterocycles. The van der Waals surface area contributed by atoms with Gasteiger partial charge in [-0.1, -0.05) is 24.2 Å². The Morgan fingerprint density at radius 1 is 1.23 bits per heavy atom. The summed E-state index contributed by atoms with van der Waals surface area (Å²) in [6.45, 7) is 6.02. The molecule has 3 rings (SSSR count). The number of carbonyl (C=O) groups excluding carboxylic acids is 1. The molecule has 26 heavy (non-hydrogen) atoms. The molecule has 2 aromatic heterocycles. The van der Waals surface area contributed by atoms with Gasteiger partial charge in [0.1, 0.15) is 17.1 Å². The maximum Gasteiger partial charge on any atom is 0.274 e. The van der Waals surface area contributed by atoms with E-state index in [1.54, 1.807) is 19.1 Å². The maximum absolute atomic E-state index is 12.3. The Morgan fingerprint density at radius 2 is 2.00 bits per heavy atom. The Bertz CT molecular complexity index is 929. The summed E-state index contributed by atoms with van der Waals surface area (Å²) in [5, 5.41) is 30.6. The van der Waals surface area contributed by atoms with Gasteiger partial charge in [-0.2, -0.15) is 0 Å². The van der Waals surface area contributed by atoms with Gasteiger partial charge >= 0.3 is 0 Å². The summed E-state index contributed by atoms with van der Waals surface area (Å²) in [7, 11) is 0. The SMILES string of the molecule is CCNC(=O)c1noc(-c2cc(C(C)C)c(O)cc2O)c1-c1ccno1. The molecule has 0 fully saturated rings. The second-order valence-electron chi connectivity index (χ2n) is 6.05. The topological polar surface area (TPSA) is 122 Å². The lowest BCUT2D eigenvalue weighted by molar-refractivity contribution is 0.0947. The molecular weight excluding hydrogens is 338 g/mol. The van der Waals surface area contributed by atoms with Crippen molar-refractivity contribution in [3.05, 3.63) is 35.7 Å². The van der Waals surface area contributed by atoms with Gasteiger partial charge in [-0.05, 0) is 24.5 Å². The molecule has 0 atom stereocenters. The van der Waals surface area contributed by atoms with Crippen LogP contribution in [0.4, 0.5) is 0 Å². The fourth-order valence-corrected chi connectivity index (χ4v) is 2.68. The van der Waals surface area contributed by atoms with Crippen molar-refractivity contribution in [3.63, 3.8) is 0 Å². The monoisotopic (exact) mass is 357 g/mol. The first-order chi connectivity index (χ1) is 12.4. The fraction of sp³-hybridized carbons (Fsp3) is 0.278. The van der Waals surface area contributed by atoms with Gasteiger partial charge in [-0.25, -0.2) is 0 Å². The van der Waals surface area contributed by atoms with Crippen LogP contribution in [-0.2, 0) is 0 Å². The van der Waals surface area contributed by atoms with Crippen molar-refractivity contribution >= 4 is 5.91 Å². The first-order valence-corrected chi connectivity index (χ1v) is 8.19. The molecular formula is C18H19N3O5. The van der Waals surface area contributed by atoms with Gasteiger partial charge in [0, 0.05) is 18.7 Å². The molecule has 1 amide bonds. The van der Waals surface area contributed by atoms with Crippen LogP contribution in [0.3, 0.4) is 0 Å². The van der Waals surface area contributed by atoms with Gasteiger partial charge in [0.15, 0.2) is 17.2 Å². The van der Waals surface area contributed by atoms with Crippen molar-refractivity contribution in [1.29, 1.82) is 0 Å². The lowest BCUT2D eigenvalue weighted by atomic mass is 9.96. The lowest BCUT2D eigenvalue weighted by Gasteiger charge is -2.11. The molecule has 2 heterocycles. The van der Waals surface area contributed by atoms with Crippen molar-refractivity contribution in [2.45, 2.75) is 26.7 Å². The number of aromatic nitrogens is 2. The third-order valence-electron chi connectivity index (χ3n) is 3.94. The zero-order chi connectivity index (χ0) is 18.8. The molecule has 8 nitrogen and oxygen atoms in total. The summed E-state index contributed by atoms with van der Waals surface area (Å²) in [6.07, 6.45) is 1.43. The van der Waals surface area contributed by atoms with E-state index >= 15 is 0 Å². The smallest absolute Gasteiger partial charge is 0.274 e. The Kier molecular flexibility index (Phi) is 4.66. The van der Waals surface area contributed by atoms with Gasteiger partial charge in [-0.15, -0.1) is 0 Å². The Balaban J connectivity index is 2.24. The summed E-state index contributed by atoms with van der Waals surface area (Å²) < 4.78 is 10.6. The van der Waals surface area contributed by atoms with E-state index in [9.17, 15) is 15.0 Å². The van der Waals surface area contributed by atoms with Crippen LogP contribution in [-0.4, -0.2) is 33.0 Å². The van der Waals surface area contributed by atoms with Crippen LogP contribution in [0.15, 0.2) is 33.4 Å². The number of aromatic hydroxyl groups is 2. The molecule has 0 spiro atoms. The summed E-state index contributed by atoms with van der Waals surface area (Å²) >= 11 is 0. The summed E-state index contributed by atoms with van der Waals surface area (Å²) in [6, 6.07) is 4.42. The van der Waals surface area contributed by atoms with Crippen LogP contribution in [0.25, 0.3) is 22.6 Å². The number of carbonyl (C=O) groups is 1. The number of rotatable bonds is 5. The number of hydrogen-bond donors (Lipinski definition) is 3. The van der Waals surface area contributed by atoms with Gasteiger partial charge in [-0.3, -0.25) is 4.79 Å². The molecule has 3 N–H and O–H groups in total. The Labute approximate surface area is 149 Å². The molecule has 0 saturated heterocycles. The van der Waals surface area contributed by atoms with Crippen LogP contribution >= 0.6 is 0 Å². The number of phenolic OH excluding ortho intramolecular Hbond substituents is 2. The molecule has 3 aromatic rings. The van der Waals surface area contributed by atoms with E-state index in [2.05, 4.69) is 15.6 Å². The third-order valence-corrected chi connectivity index (χ3v) is 3.94. The predicted molar refractivity (Wildman–Crippen MR) is 92.9 cm³/mol. The average Bonchev–Trinajstić information content (AvgIpc) is 3.23. The first-order valence-electron chi connectivity index (χ1n) is 8.19. The fourth-order valence-electron chi connectivity index (χ4n) is 2.68. The highest BCUT2D eigenvalue weighted by molar-refractivity contribution is 6.01. The van der Waals surface area contributed by atoms with Crippen molar-refractivity contribution < 1.29 is 24.1 Å². The predicted octanol–water partition coefficient (Wildman–Crippen LogP) is 3.28. The number of nitrogens with one attached hydrogen (secondary N) is 1. The summed E-state index contributed by atoms with van der Waals surface area (Å²) in [5.74, 6) is -0.217. The van der Waals surface area contributed by atoms with Crippen LogP contribution in [0.5, 0.6) is 11.5 Å².